The quantitative estimate of drug-likeness (QED) is 0.681. The number of hydrogen-bond donors (Lipinski definition) is 3. The molecular weight excluding hydrogens is 314 g/mol. The predicted octanol–water partition coefficient (Wildman–Crippen LogP) is 2.12. The molecule has 21 heavy (non-hydrogen) atoms. The molecule has 7 nitrogen and oxygen atoms in total. The van der Waals surface area contributed by atoms with Gasteiger partial charge in [-0.05, 0) is 29.6 Å². The van der Waals surface area contributed by atoms with E-state index in [2.05, 4.69) is 14.9 Å². The normalized spacial score (nSPS) is 11.6. The van der Waals surface area contributed by atoms with E-state index in [1.165, 1.54) is 11.4 Å². The Morgan fingerprint density at radius 3 is 2.90 bits per heavy atom. The van der Waals surface area contributed by atoms with Crippen LogP contribution in [0.5, 0.6) is 0 Å². The number of thiophene rings is 1. The zero-order chi connectivity index (χ0) is 15.0. The first-order valence-corrected chi connectivity index (χ1v) is 8.10. The van der Waals surface area contributed by atoms with Crippen molar-refractivity contribution in [2.24, 2.45) is 0 Å². The Morgan fingerprint density at radius 2 is 2.14 bits per heavy atom. The van der Waals surface area contributed by atoms with Crippen LogP contribution in [0.3, 0.4) is 0 Å². The van der Waals surface area contributed by atoms with Gasteiger partial charge in [0.05, 0.1) is 17.4 Å². The maximum atomic E-state index is 12.3. The minimum Gasteiger partial charge on any atom is -0.477 e. The van der Waals surface area contributed by atoms with Crippen molar-refractivity contribution in [1.82, 2.24) is 10.2 Å². The molecule has 0 bridgehead atoms. The number of hydrogen-bond acceptors (Lipinski definition) is 5. The first-order valence-electron chi connectivity index (χ1n) is 5.74. The van der Waals surface area contributed by atoms with Crippen molar-refractivity contribution in [2.75, 3.05) is 4.72 Å². The molecule has 0 spiro atoms. The summed E-state index contributed by atoms with van der Waals surface area (Å²) in [4.78, 5) is 10.6. The van der Waals surface area contributed by atoms with Gasteiger partial charge in [-0.1, -0.05) is 0 Å². The minimum absolute atomic E-state index is 0.217. The summed E-state index contributed by atoms with van der Waals surface area (Å²) in [5.74, 6) is -1.27. The molecule has 0 amide bonds. The van der Waals surface area contributed by atoms with Gasteiger partial charge in [0.15, 0.2) is 0 Å². The third-order valence-corrected chi connectivity index (χ3v) is 5.26. The summed E-state index contributed by atoms with van der Waals surface area (Å²) in [7, 11) is -3.95. The second-order valence-corrected chi connectivity index (χ2v) is 6.76. The van der Waals surface area contributed by atoms with Crippen molar-refractivity contribution in [3.63, 3.8) is 0 Å². The summed E-state index contributed by atoms with van der Waals surface area (Å²) in [6, 6.07) is 6.16. The monoisotopic (exact) mass is 323 g/mol. The zero-order valence-corrected chi connectivity index (χ0v) is 12.0. The molecule has 3 aromatic rings. The Bertz CT molecular complexity index is 927. The number of benzene rings is 1. The maximum absolute atomic E-state index is 12.3. The number of carboxylic acids is 1. The van der Waals surface area contributed by atoms with Crippen LogP contribution in [-0.4, -0.2) is 29.7 Å². The third kappa shape index (κ3) is 2.48. The summed E-state index contributed by atoms with van der Waals surface area (Å²) in [6.45, 7) is 0. The van der Waals surface area contributed by atoms with E-state index in [4.69, 9.17) is 5.11 Å². The van der Waals surface area contributed by atoms with Crippen LogP contribution in [0.25, 0.3) is 10.9 Å². The zero-order valence-electron chi connectivity index (χ0n) is 10.4. The van der Waals surface area contributed by atoms with E-state index in [0.717, 1.165) is 16.7 Å². The van der Waals surface area contributed by atoms with Gasteiger partial charge in [0.2, 0.25) is 0 Å². The third-order valence-electron chi connectivity index (χ3n) is 2.81. The summed E-state index contributed by atoms with van der Waals surface area (Å²) in [5.41, 5.74) is 1.01. The van der Waals surface area contributed by atoms with Gasteiger partial charge < -0.3 is 5.11 Å². The number of fused-ring (bicyclic) bond motifs is 1. The molecule has 0 saturated heterocycles. The van der Waals surface area contributed by atoms with E-state index in [-0.39, 0.29) is 9.77 Å². The van der Waals surface area contributed by atoms with Crippen molar-refractivity contribution in [1.29, 1.82) is 0 Å². The topological polar surface area (TPSA) is 112 Å². The lowest BCUT2D eigenvalue weighted by Crippen LogP contribution is -2.15. The lowest BCUT2D eigenvalue weighted by Gasteiger charge is -2.07. The second-order valence-electron chi connectivity index (χ2n) is 4.20. The fourth-order valence-corrected chi connectivity index (χ4v) is 4.19. The molecule has 108 valence electrons. The molecule has 9 heteroatoms. The lowest BCUT2D eigenvalue weighted by molar-refractivity contribution is 0.0698. The van der Waals surface area contributed by atoms with Crippen LogP contribution < -0.4 is 4.72 Å². The Labute approximate surface area is 123 Å². The summed E-state index contributed by atoms with van der Waals surface area (Å²) < 4.78 is 26.9. The number of aromatic carboxylic acids is 1. The molecule has 0 unspecified atom stereocenters. The lowest BCUT2D eigenvalue weighted by atomic mass is 10.2. The number of carboxylic acid groups (broad SMARTS) is 1. The Kier molecular flexibility index (Phi) is 3.15. The van der Waals surface area contributed by atoms with Gasteiger partial charge in [-0.3, -0.25) is 9.82 Å². The van der Waals surface area contributed by atoms with Crippen LogP contribution in [0, 0.1) is 0 Å². The van der Waals surface area contributed by atoms with Gasteiger partial charge in [0.25, 0.3) is 10.0 Å². The van der Waals surface area contributed by atoms with Gasteiger partial charge >= 0.3 is 5.97 Å². The Morgan fingerprint density at radius 1 is 1.33 bits per heavy atom. The van der Waals surface area contributed by atoms with Crippen LogP contribution >= 0.6 is 11.3 Å². The molecule has 2 aromatic heterocycles. The molecule has 3 rings (SSSR count). The summed E-state index contributed by atoms with van der Waals surface area (Å²) >= 11 is 0.864. The van der Waals surface area contributed by atoms with Crippen molar-refractivity contribution in [2.45, 2.75) is 4.90 Å². The Hall–Kier alpha value is -2.39. The summed E-state index contributed by atoms with van der Waals surface area (Å²) in [6.07, 6.45) is 1.62. The highest BCUT2D eigenvalue weighted by Crippen LogP contribution is 2.25. The first-order chi connectivity index (χ1) is 9.97. The van der Waals surface area contributed by atoms with E-state index in [1.807, 2.05) is 0 Å². The van der Waals surface area contributed by atoms with Crippen molar-refractivity contribution >= 4 is 43.9 Å². The predicted molar refractivity (Wildman–Crippen MR) is 78.2 cm³/mol. The fourth-order valence-electron chi connectivity index (χ4n) is 1.88. The van der Waals surface area contributed by atoms with Gasteiger partial charge in [-0.25, -0.2) is 13.2 Å². The standard InChI is InChI=1S/C12H9N3O4S2/c16-12(17)11-10(3-4-20-11)21(18,19)15-8-2-1-7-6-13-14-9(7)5-8/h1-6,15H,(H,13,14)(H,16,17). The smallest absolute Gasteiger partial charge is 0.347 e. The SMILES string of the molecule is O=C(O)c1sccc1S(=O)(=O)Nc1ccc2cn[nH]c2c1. The molecule has 1 aromatic carbocycles. The number of nitrogens with one attached hydrogen (secondary N) is 2. The molecule has 0 radical (unpaired) electrons. The molecule has 0 saturated carbocycles. The molecule has 0 atom stereocenters. The summed E-state index contributed by atoms with van der Waals surface area (Å²) in [5, 5.41) is 17.9. The molecule has 3 N–H and O–H groups in total. The highest BCUT2D eigenvalue weighted by atomic mass is 32.2. The molecule has 0 fully saturated rings. The highest BCUT2D eigenvalue weighted by molar-refractivity contribution is 7.93. The number of aromatic nitrogens is 2. The molecule has 0 aliphatic heterocycles. The van der Waals surface area contributed by atoms with Gasteiger partial charge in [0.1, 0.15) is 9.77 Å². The van der Waals surface area contributed by atoms with E-state index in [9.17, 15) is 13.2 Å². The largest absolute Gasteiger partial charge is 0.477 e. The average molecular weight is 323 g/mol. The fraction of sp³-hybridized carbons (Fsp3) is 0. The number of nitrogens with zero attached hydrogens (tertiary/aromatic N) is 1. The van der Waals surface area contributed by atoms with Crippen LogP contribution in [0.1, 0.15) is 9.67 Å². The average Bonchev–Trinajstić information content (AvgIpc) is 3.06. The maximum Gasteiger partial charge on any atom is 0.347 e. The molecule has 0 aliphatic carbocycles. The first kappa shape index (κ1) is 13.6. The van der Waals surface area contributed by atoms with E-state index >= 15 is 0 Å². The second kappa shape index (κ2) is 4.86. The molecule has 2 heterocycles. The van der Waals surface area contributed by atoms with Gasteiger partial charge in [-0.2, -0.15) is 5.10 Å². The minimum atomic E-state index is -3.95. The molecular formula is C12H9N3O4S2. The molecule has 0 aliphatic rings. The van der Waals surface area contributed by atoms with Gasteiger partial charge in [0, 0.05) is 5.39 Å². The van der Waals surface area contributed by atoms with Gasteiger partial charge in [-0.15, -0.1) is 11.3 Å². The Balaban J connectivity index is 1.98. The number of H-pyrrole nitrogens is 1. The number of aromatic amines is 1. The van der Waals surface area contributed by atoms with Crippen molar-refractivity contribution in [3.05, 3.63) is 40.7 Å². The number of carbonyl (C=O) groups is 1. The van der Waals surface area contributed by atoms with E-state index in [0.29, 0.717) is 11.2 Å². The van der Waals surface area contributed by atoms with Crippen molar-refractivity contribution < 1.29 is 18.3 Å². The number of anilines is 1. The van der Waals surface area contributed by atoms with E-state index < -0.39 is 16.0 Å². The highest BCUT2D eigenvalue weighted by Gasteiger charge is 2.23. The van der Waals surface area contributed by atoms with Crippen LogP contribution in [0.4, 0.5) is 5.69 Å². The van der Waals surface area contributed by atoms with Crippen molar-refractivity contribution in [3.8, 4) is 0 Å². The van der Waals surface area contributed by atoms with Crippen LogP contribution in [0.2, 0.25) is 0 Å². The van der Waals surface area contributed by atoms with Crippen LogP contribution in [-0.2, 0) is 10.0 Å². The number of rotatable bonds is 4. The van der Waals surface area contributed by atoms with Crippen LogP contribution in [0.15, 0.2) is 40.7 Å². The van der Waals surface area contributed by atoms with E-state index in [1.54, 1.807) is 24.4 Å². The number of sulfonamides is 1.